The number of carbonyl (C=O) groups excluding carboxylic acids is 1. The second-order valence-corrected chi connectivity index (χ2v) is 6.42. The van der Waals surface area contributed by atoms with Gasteiger partial charge in [0, 0.05) is 25.4 Å². The molecule has 2 heterocycles. The fraction of sp³-hybridized carbons (Fsp3) is 0.846. The molecular weight excluding hydrogens is 278 g/mol. The lowest BCUT2D eigenvalue weighted by Crippen LogP contribution is -2.52. The van der Waals surface area contributed by atoms with Crippen molar-refractivity contribution in [1.29, 1.82) is 0 Å². The monoisotopic (exact) mass is 301 g/mol. The average molecular weight is 301 g/mol. The van der Waals surface area contributed by atoms with Crippen molar-refractivity contribution >= 4 is 23.8 Å². The zero-order chi connectivity index (χ0) is 14.5. The molecule has 2 unspecified atom stereocenters. The number of amides is 2. The quantitative estimate of drug-likeness (QED) is 0.814. The van der Waals surface area contributed by atoms with Crippen molar-refractivity contribution in [2.75, 3.05) is 31.9 Å². The highest BCUT2D eigenvalue weighted by Crippen LogP contribution is 2.33. The van der Waals surface area contributed by atoms with Gasteiger partial charge in [-0.1, -0.05) is 13.3 Å². The van der Waals surface area contributed by atoms with E-state index in [0.717, 1.165) is 32.4 Å². The van der Waals surface area contributed by atoms with E-state index in [-0.39, 0.29) is 11.4 Å². The highest BCUT2D eigenvalue weighted by Gasteiger charge is 2.42. The third-order valence-electron chi connectivity index (χ3n) is 3.74. The third kappa shape index (κ3) is 3.38. The van der Waals surface area contributed by atoms with E-state index in [1.165, 1.54) is 0 Å². The van der Waals surface area contributed by atoms with Crippen LogP contribution in [0.5, 0.6) is 0 Å². The van der Waals surface area contributed by atoms with Crippen molar-refractivity contribution in [1.82, 2.24) is 15.1 Å². The van der Waals surface area contributed by atoms with Crippen LogP contribution in [-0.4, -0.2) is 70.3 Å². The Balaban J connectivity index is 2.10. The van der Waals surface area contributed by atoms with Crippen LogP contribution >= 0.6 is 11.8 Å². The van der Waals surface area contributed by atoms with Crippen molar-refractivity contribution in [3.05, 3.63) is 0 Å². The highest BCUT2D eigenvalue weighted by atomic mass is 32.2. The van der Waals surface area contributed by atoms with Crippen LogP contribution in [0.2, 0.25) is 0 Å². The first-order valence-electron chi connectivity index (χ1n) is 7.27. The lowest BCUT2D eigenvalue weighted by molar-refractivity contribution is -0.141. The van der Waals surface area contributed by atoms with Gasteiger partial charge in [-0.05, 0) is 19.4 Å². The zero-order valence-electron chi connectivity index (χ0n) is 11.9. The highest BCUT2D eigenvalue weighted by molar-refractivity contribution is 8.00. The van der Waals surface area contributed by atoms with Gasteiger partial charge in [-0.15, -0.1) is 11.8 Å². The number of carbonyl (C=O) groups is 2. The molecule has 114 valence electrons. The fourth-order valence-corrected chi connectivity index (χ4v) is 4.19. The first-order chi connectivity index (χ1) is 9.65. The first-order valence-corrected chi connectivity index (χ1v) is 8.32. The van der Waals surface area contributed by atoms with Gasteiger partial charge in [0.05, 0.1) is 5.37 Å². The van der Waals surface area contributed by atoms with Gasteiger partial charge in [0.25, 0.3) is 0 Å². The van der Waals surface area contributed by atoms with E-state index in [0.29, 0.717) is 18.8 Å². The average Bonchev–Trinajstić information content (AvgIpc) is 2.66. The van der Waals surface area contributed by atoms with Gasteiger partial charge in [0.2, 0.25) is 0 Å². The molecule has 0 radical (unpaired) electrons. The summed E-state index contributed by atoms with van der Waals surface area (Å²) in [7, 11) is 0. The predicted octanol–water partition coefficient (Wildman–Crippen LogP) is 1.03. The van der Waals surface area contributed by atoms with Crippen LogP contribution in [0, 0.1) is 0 Å². The Labute approximate surface area is 123 Å². The van der Waals surface area contributed by atoms with Crippen LogP contribution in [0.1, 0.15) is 26.2 Å². The summed E-state index contributed by atoms with van der Waals surface area (Å²) in [6.07, 6.45) is 2.73. The van der Waals surface area contributed by atoms with E-state index in [4.69, 9.17) is 0 Å². The number of hydrogen-bond acceptors (Lipinski definition) is 4. The van der Waals surface area contributed by atoms with E-state index < -0.39 is 12.0 Å². The summed E-state index contributed by atoms with van der Waals surface area (Å²) in [5, 5.41) is 12.6. The molecule has 2 N–H and O–H groups in total. The van der Waals surface area contributed by atoms with E-state index in [1.54, 1.807) is 21.6 Å². The molecule has 0 saturated carbocycles. The van der Waals surface area contributed by atoms with Crippen LogP contribution in [0.25, 0.3) is 0 Å². The van der Waals surface area contributed by atoms with E-state index in [1.807, 2.05) is 0 Å². The Kier molecular flexibility index (Phi) is 5.54. The number of carboxylic acids is 1. The summed E-state index contributed by atoms with van der Waals surface area (Å²) in [6.45, 7) is 5.12. The lowest BCUT2D eigenvalue weighted by Gasteiger charge is -2.32. The maximum atomic E-state index is 12.7. The number of carboxylic acid groups (broad SMARTS) is 1. The number of aliphatic carboxylic acids is 1. The Hall–Kier alpha value is -0.950. The molecule has 0 aliphatic carbocycles. The second kappa shape index (κ2) is 7.17. The standard InChI is InChI=1S/C13H23N3O3S/c1-2-4-11-16(10(9-20-11)12(17)18)13(19)15-7-3-5-14-6-8-15/h10-11,14H,2-9H2,1H3,(H,17,18). The molecule has 2 fully saturated rings. The molecule has 2 rings (SSSR count). The summed E-state index contributed by atoms with van der Waals surface area (Å²) in [4.78, 5) is 27.5. The molecular formula is C13H23N3O3S. The molecule has 20 heavy (non-hydrogen) atoms. The van der Waals surface area contributed by atoms with Crippen molar-refractivity contribution < 1.29 is 14.7 Å². The molecule has 6 nitrogen and oxygen atoms in total. The minimum Gasteiger partial charge on any atom is -0.480 e. The van der Waals surface area contributed by atoms with E-state index in [2.05, 4.69) is 12.2 Å². The SMILES string of the molecule is CCCC1SCC(C(=O)O)N1C(=O)N1CCCNCC1. The summed E-state index contributed by atoms with van der Waals surface area (Å²) < 4.78 is 0. The van der Waals surface area contributed by atoms with Gasteiger partial charge < -0.3 is 15.3 Å². The number of thioether (sulfide) groups is 1. The molecule has 2 aliphatic rings. The largest absolute Gasteiger partial charge is 0.480 e. The van der Waals surface area contributed by atoms with Gasteiger partial charge >= 0.3 is 12.0 Å². The van der Waals surface area contributed by atoms with Crippen LogP contribution < -0.4 is 5.32 Å². The maximum Gasteiger partial charge on any atom is 0.327 e. The number of nitrogens with one attached hydrogen (secondary N) is 1. The second-order valence-electron chi connectivity index (χ2n) is 5.21. The molecule has 2 amide bonds. The predicted molar refractivity (Wildman–Crippen MR) is 78.9 cm³/mol. The van der Waals surface area contributed by atoms with Crippen molar-refractivity contribution in [2.24, 2.45) is 0 Å². The zero-order valence-corrected chi connectivity index (χ0v) is 12.7. The van der Waals surface area contributed by atoms with Gasteiger partial charge in [-0.3, -0.25) is 4.90 Å². The van der Waals surface area contributed by atoms with Crippen LogP contribution in [0.15, 0.2) is 0 Å². The Morgan fingerprint density at radius 2 is 2.15 bits per heavy atom. The number of hydrogen-bond donors (Lipinski definition) is 2. The topological polar surface area (TPSA) is 72.9 Å². The van der Waals surface area contributed by atoms with Crippen LogP contribution in [0.3, 0.4) is 0 Å². The third-order valence-corrected chi connectivity index (χ3v) is 5.10. The summed E-state index contributed by atoms with van der Waals surface area (Å²) in [5.41, 5.74) is 0. The molecule has 2 saturated heterocycles. The molecule has 2 atom stereocenters. The molecule has 0 aromatic heterocycles. The molecule has 0 aromatic carbocycles. The minimum atomic E-state index is -0.891. The Morgan fingerprint density at radius 1 is 1.35 bits per heavy atom. The van der Waals surface area contributed by atoms with Crippen LogP contribution in [-0.2, 0) is 4.79 Å². The van der Waals surface area contributed by atoms with Crippen molar-refractivity contribution in [3.8, 4) is 0 Å². The smallest absolute Gasteiger partial charge is 0.327 e. The van der Waals surface area contributed by atoms with E-state index in [9.17, 15) is 14.7 Å². The Bertz CT molecular complexity index is 359. The number of nitrogens with zero attached hydrogens (tertiary/aromatic N) is 2. The molecule has 0 aromatic rings. The molecule has 7 heteroatoms. The maximum absolute atomic E-state index is 12.7. The van der Waals surface area contributed by atoms with Gasteiger partial charge in [0.1, 0.15) is 6.04 Å². The number of rotatable bonds is 3. The molecule has 0 bridgehead atoms. The number of urea groups is 1. The van der Waals surface area contributed by atoms with Gasteiger partial charge in [-0.25, -0.2) is 9.59 Å². The van der Waals surface area contributed by atoms with Crippen LogP contribution in [0.4, 0.5) is 4.79 Å². The summed E-state index contributed by atoms with van der Waals surface area (Å²) in [5.74, 6) is -0.393. The molecule has 0 spiro atoms. The van der Waals surface area contributed by atoms with Crippen molar-refractivity contribution in [3.63, 3.8) is 0 Å². The molecule has 2 aliphatic heterocycles. The van der Waals surface area contributed by atoms with Gasteiger partial charge in [0.15, 0.2) is 0 Å². The minimum absolute atomic E-state index is 0.00446. The normalized spacial score (nSPS) is 27.4. The lowest BCUT2D eigenvalue weighted by atomic mass is 10.2. The van der Waals surface area contributed by atoms with Crippen molar-refractivity contribution in [2.45, 2.75) is 37.6 Å². The summed E-state index contributed by atoms with van der Waals surface area (Å²) in [6, 6.07) is -0.787. The first kappa shape index (κ1) is 15.4. The Morgan fingerprint density at radius 3 is 2.85 bits per heavy atom. The van der Waals surface area contributed by atoms with Gasteiger partial charge in [-0.2, -0.15) is 0 Å². The van der Waals surface area contributed by atoms with E-state index >= 15 is 0 Å². The summed E-state index contributed by atoms with van der Waals surface area (Å²) >= 11 is 1.59. The fourth-order valence-electron chi connectivity index (χ4n) is 2.68.